The van der Waals surface area contributed by atoms with E-state index in [2.05, 4.69) is 4.84 Å². The van der Waals surface area contributed by atoms with Crippen LogP contribution in [-0.2, 0) is 14.4 Å². The largest absolute Gasteiger partial charge is 0.475 e. The minimum absolute atomic E-state index is 0.0507. The number of carbonyl (C=O) groups is 1. The number of ether oxygens (including phenoxy) is 2. The molecule has 0 radical (unpaired) electrons. The van der Waals surface area contributed by atoms with E-state index in [1.54, 1.807) is 0 Å². The van der Waals surface area contributed by atoms with Crippen LogP contribution in [0.25, 0.3) is 6.08 Å². The number of esters is 1. The number of rotatable bonds is 7. The minimum atomic E-state index is -4.82. The Morgan fingerprint density at radius 2 is 2.00 bits per heavy atom. The van der Waals surface area contributed by atoms with E-state index in [0.29, 0.717) is 0 Å². The summed E-state index contributed by atoms with van der Waals surface area (Å²) in [6.45, 7) is -0.419. The maximum Gasteiger partial charge on any atom is 0.430 e. The highest BCUT2D eigenvalue weighted by molar-refractivity contribution is 6.30. The fourth-order valence-corrected chi connectivity index (χ4v) is 2.35. The second-order valence-electron chi connectivity index (χ2n) is 5.22. The quantitative estimate of drug-likeness (QED) is 0.303. The molecule has 0 N–H and O–H groups in total. The molecule has 0 bridgehead atoms. The predicted molar refractivity (Wildman–Crippen MR) is 83.0 cm³/mol. The predicted octanol–water partition coefficient (Wildman–Crippen LogP) is 3.58. The van der Waals surface area contributed by atoms with Crippen LogP contribution in [0.2, 0.25) is 5.02 Å². The van der Waals surface area contributed by atoms with Crippen molar-refractivity contribution >= 4 is 23.6 Å². The third-order valence-electron chi connectivity index (χ3n) is 3.31. The van der Waals surface area contributed by atoms with Gasteiger partial charge in [0, 0.05) is 10.6 Å². The van der Waals surface area contributed by atoms with Crippen LogP contribution in [0.1, 0.15) is 18.4 Å². The van der Waals surface area contributed by atoms with E-state index >= 15 is 0 Å². The molecule has 0 fully saturated rings. The number of carbonyl (C=O) groups excluding carboxylic acids is 1. The van der Waals surface area contributed by atoms with Crippen molar-refractivity contribution in [3.05, 3.63) is 44.5 Å². The number of alkyl halides is 3. The molecule has 11 heteroatoms. The zero-order valence-corrected chi connectivity index (χ0v) is 13.9. The van der Waals surface area contributed by atoms with Crippen LogP contribution in [-0.4, -0.2) is 36.5 Å². The standard InChI is InChI=1S/C15H13ClF3NO6/c16-10-3-4-12-9(7-10)8-11(13(26-12)15(17,18)19)14(21)24-5-1-2-6-25-20(22)23/h3-4,7-8,13H,1-2,5-6H2/t13-/m0/s1. The first-order valence-electron chi connectivity index (χ1n) is 7.37. The van der Waals surface area contributed by atoms with Gasteiger partial charge in [-0.1, -0.05) is 11.6 Å². The van der Waals surface area contributed by atoms with E-state index in [0.717, 1.165) is 6.08 Å². The third-order valence-corrected chi connectivity index (χ3v) is 3.55. The second kappa shape index (κ2) is 8.26. The molecule has 7 nitrogen and oxygen atoms in total. The Hall–Kier alpha value is -2.49. The maximum absolute atomic E-state index is 13.2. The average molecular weight is 396 g/mol. The highest BCUT2D eigenvalue weighted by Gasteiger charge is 2.48. The van der Waals surface area contributed by atoms with Crippen molar-refractivity contribution in [2.24, 2.45) is 0 Å². The zero-order chi connectivity index (χ0) is 19.3. The average Bonchev–Trinajstić information content (AvgIpc) is 2.55. The summed E-state index contributed by atoms with van der Waals surface area (Å²) >= 11 is 5.80. The second-order valence-corrected chi connectivity index (χ2v) is 5.66. The lowest BCUT2D eigenvalue weighted by Crippen LogP contribution is -2.40. The van der Waals surface area contributed by atoms with Gasteiger partial charge in [-0.3, -0.25) is 0 Å². The van der Waals surface area contributed by atoms with E-state index < -0.39 is 28.9 Å². The van der Waals surface area contributed by atoms with Crippen LogP contribution in [0.5, 0.6) is 5.75 Å². The van der Waals surface area contributed by atoms with Gasteiger partial charge in [0.2, 0.25) is 6.10 Å². The van der Waals surface area contributed by atoms with Crippen molar-refractivity contribution in [2.75, 3.05) is 13.2 Å². The van der Waals surface area contributed by atoms with E-state index in [1.807, 2.05) is 0 Å². The summed E-state index contributed by atoms with van der Waals surface area (Å²) in [6.07, 6.45) is -5.86. The molecule has 2 rings (SSSR count). The normalized spacial score (nSPS) is 16.2. The first-order valence-corrected chi connectivity index (χ1v) is 7.75. The van der Waals surface area contributed by atoms with E-state index in [9.17, 15) is 28.1 Å². The number of unbranched alkanes of at least 4 members (excludes halogenated alkanes) is 1. The summed E-state index contributed by atoms with van der Waals surface area (Å²) < 4.78 is 49.4. The summed E-state index contributed by atoms with van der Waals surface area (Å²) in [4.78, 5) is 26.1. The minimum Gasteiger partial charge on any atom is -0.475 e. The van der Waals surface area contributed by atoms with Crippen LogP contribution in [0.3, 0.4) is 0 Å². The van der Waals surface area contributed by atoms with Gasteiger partial charge in [-0.15, -0.1) is 10.1 Å². The van der Waals surface area contributed by atoms with Crippen LogP contribution in [0.15, 0.2) is 23.8 Å². The van der Waals surface area contributed by atoms with Crippen LogP contribution in [0.4, 0.5) is 13.2 Å². The molecule has 1 aromatic carbocycles. The summed E-state index contributed by atoms with van der Waals surface area (Å²) in [6, 6.07) is 4.02. The van der Waals surface area contributed by atoms with Gasteiger partial charge < -0.3 is 14.3 Å². The monoisotopic (exact) mass is 395 g/mol. The lowest BCUT2D eigenvalue weighted by Gasteiger charge is -2.27. The summed E-state index contributed by atoms with van der Waals surface area (Å²) in [7, 11) is 0. The van der Waals surface area contributed by atoms with E-state index in [4.69, 9.17) is 21.1 Å². The van der Waals surface area contributed by atoms with Gasteiger partial charge in [0.15, 0.2) is 0 Å². The Labute approximate surface area is 150 Å². The Morgan fingerprint density at radius 1 is 1.31 bits per heavy atom. The third kappa shape index (κ3) is 5.25. The molecule has 0 unspecified atom stereocenters. The van der Waals surface area contributed by atoms with Gasteiger partial charge in [0.05, 0.1) is 18.8 Å². The van der Waals surface area contributed by atoms with Crippen molar-refractivity contribution in [3.8, 4) is 5.75 Å². The van der Waals surface area contributed by atoms with Crippen LogP contribution < -0.4 is 4.74 Å². The Balaban J connectivity index is 2.05. The van der Waals surface area contributed by atoms with Crippen molar-refractivity contribution in [1.82, 2.24) is 0 Å². The van der Waals surface area contributed by atoms with Crippen LogP contribution >= 0.6 is 11.6 Å². The van der Waals surface area contributed by atoms with Gasteiger partial charge in [-0.05, 0) is 37.1 Å². The molecule has 1 aromatic rings. The number of benzene rings is 1. The summed E-state index contributed by atoms with van der Waals surface area (Å²) in [5, 5.41) is 9.27. The highest BCUT2D eigenvalue weighted by Crippen LogP contribution is 2.38. The number of fused-ring (bicyclic) bond motifs is 1. The zero-order valence-electron chi connectivity index (χ0n) is 13.1. The van der Waals surface area contributed by atoms with Crippen molar-refractivity contribution in [1.29, 1.82) is 0 Å². The maximum atomic E-state index is 13.2. The summed E-state index contributed by atoms with van der Waals surface area (Å²) in [5.41, 5.74) is -0.474. The molecule has 0 saturated heterocycles. The molecule has 1 heterocycles. The SMILES string of the molecule is O=C(OCCCCO[N+](=O)[O-])C1=Cc2cc(Cl)ccc2O[C@@H]1C(F)(F)F. The van der Waals surface area contributed by atoms with Crippen LogP contribution in [0, 0.1) is 10.1 Å². The number of hydrogen-bond donors (Lipinski definition) is 0. The molecule has 0 spiro atoms. The topological polar surface area (TPSA) is 87.9 Å². The lowest BCUT2D eigenvalue weighted by atomic mass is 10.0. The first-order chi connectivity index (χ1) is 12.2. The first kappa shape index (κ1) is 19.8. The van der Waals surface area contributed by atoms with Gasteiger partial charge >= 0.3 is 12.1 Å². The molecule has 142 valence electrons. The van der Waals surface area contributed by atoms with Gasteiger partial charge in [0.1, 0.15) is 5.75 Å². The molecule has 0 aliphatic carbocycles. The molecular weight excluding hydrogens is 383 g/mol. The fourth-order valence-electron chi connectivity index (χ4n) is 2.17. The lowest BCUT2D eigenvalue weighted by molar-refractivity contribution is -0.757. The molecule has 1 aliphatic heterocycles. The summed E-state index contributed by atoms with van der Waals surface area (Å²) in [5.74, 6) is -1.24. The molecule has 1 aliphatic rings. The Morgan fingerprint density at radius 3 is 2.65 bits per heavy atom. The Bertz CT molecular complexity index is 722. The van der Waals surface area contributed by atoms with Crippen molar-refractivity contribution in [3.63, 3.8) is 0 Å². The van der Waals surface area contributed by atoms with Gasteiger partial charge in [-0.25, -0.2) is 4.79 Å². The molecular formula is C15H13ClF3NO6. The van der Waals surface area contributed by atoms with E-state index in [-0.39, 0.29) is 42.4 Å². The Kier molecular flexibility index (Phi) is 6.30. The number of hydrogen-bond acceptors (Lipinski definition) is 6. The smallest absolute Gasteiger partial charge is 0.430 e. The fraction of sp³-hybridized carbons (Fsp3) is 0.400. The number of nitrogens with zero attached hydrogens (tertiary/aromatic N) is 1. The molecule has 26 heavy (non-hydrogen) atoms. The molecule has 0 aromatic heterocycles. The van der Waals surface area contributed by atoms with E-state index in [1.165, 1.54) is 18.2 Å². The molecule has 0 amide bonds. The van der Waals surface area contributed by atoms with Gasteiger partial charge in [-0.2, -0.15) is 13.2 Å². The van der Waals surface area contributed by atoms with Gasteiger partial charge in [0.25, 0.3) is 5.09 Å². The number of halogens is 4. The highest BCUT2D eigenvalue weighted by atomic mass is 35.5. The molecule has 1 atom stereocenters. The van der Waals surface area contributed by atoms with Crippen molar-refractivity contribution in [2.45, 2.75) is 25.1 Å². The van der Waals surface area contributed by atoms with Crippen molar-refractivity contribution < 1.29 is 37.4 Å². The molecule has 0 saturated carbocycles.